The van der Waals surface area contributed by atoms with Gasteiger partial charge < -0.3 is 20.1 Å². The van der Waals surface area contributed by atoms with Crippen LogP contribution < -0.4 is 10.6 Å². The molecular weight excluding hydrogens is 312 g/mol. The third-order valence-corrected chi connectivity index (χ3v) is 3.13. The lowest BCUT2D eigenvalue weighted by Crippen LogP contribution is -2.48. The van der Waals surface area contributed by atoms with Crippen LogP contribution in [-0.4, -0.2) is 37.2 Å². The molecule has 1 rings (SSSR count). The Morgan fingerprint density at radius 3 is 2.33 bits per heavy atom. The second-order valence-corrected chi connectivity index (χ2v) is 5.46. The lowest BCUT2D eigenvalue weighted by atomic mass is 10.0. The number of rotatable bonds is 8. The Labute approximate surface area is 141 Å². The normalized spacial score (nSPS) is 11.5. The molecule has 1 atom stereocenters. The van der Waals surface area contributed by atoms with Crippen LogP contribution in [-0.2, 0) is 25.7 Å². The van der Waals surface area contributed by atoms with Crippen molar-refractivity contribution < 1.29 is 23.9 Å². The molecule has 24 heavy (non-hydrogen) atoms. The maximum absolute atomic E-state index is 11.9. The van der Waals surface area contributed by atoms with E-state index in [-0.39, 0.29) is 25.7 Å². The van der Waals surface area contributed by atoms with E-state index in [1.165, 1.54) is 0 Å². The van der Waals surface area contributed by atoms with Crippen LogP contribution >= 0.6 is 0 Å². The number of nitrogens with one attached hydrogen (secondary N) is 2. The van der Waals surface area contributed by atoms with Crippen molar-refractivity contribution in [3.63, 3.8) is 0 Å². The van der Waals surface area contributed by atoms with E-state index < -0.39 is 24.0 Å². The van der Waals surface area contributed by atoms with E-state index in [4.69, 9.17) is 9.47 Å². The molecule has 0 spiro atoms. The van der Waals surface area contributed by atoms with E-state index in [2.05, 4.69) is 10.6 Å². The highest BCUT2D eigenvalue weighted by atomic mass is 16.5. The Hall–Kier alpha value is -2.57. The van der Waals surface area contributed by atoms with Gasteiger partial charge in [-0.1, -0.05) is 44.2 Å². The molecule has 0 heterocycles. The van der Waals surface area contributed by atoms with Crippen molar-refractivity contribution in [2.24, 2.45) is 5.92 Å². The average molecular weight is 336 g/mol. The van der Waals surface area contributed by atoms with Gasteiger partial charge in [0.1, 0.15) is 19.2 Å². The molecule has 132 valence electrons. The van der Waals surface area contributed by atoms with Crippen LogP contribution in [0.3, 0.4) is 0 Å². The smallest absolute Gasteiger partial charge is 0.407 e. The fraction of sp³-hybridized carbons (Fsp3) is 0.471. The van der Waals surface area contributed by atoms with Gasteiger partial charge in [-0.25, -0.2) is 9.59 Å². The van der Waals surface area contributed by atoms with Crippen molar-refractivity contribution in [3.05, 3.63) is 35.9 Å². The summed E-state index contributed by atoms with van der Waals surface area (Å²) in [7, 11) is 0. The van der Waals surface area contributed by atoms with Gasteiger partial charge in [0.2, 0.25) is 5.91 Å². The zero-order valence-corrected chi connectivity index (χ0v) is 14.2. The van der Waals surface area contributed by atoms with Gasteiger partial charge in [-0.15, -0.1) is 0 Å². The van der Waals surface area contributed by atoms with Crippen molar-refractivity contribution >= 4 is 18.0 Å². The molecule has 0 aromatic heterocycles. The molecule has 1 aromatic rings. The number of alkyl carbamates (subject to hydrolysis) is 1. The second kappa shape index (κ2) is 10.3. The van der Waals surface area contributed by atoms with Crippen LogP contribution in [0.1, 0.15) is 26.3 Å². The molecule has 2 amide bonds. The largest absolute Gasteiger partial charge is 0.464 e. The first kappa shape index (κ1) is 19.5. The summed E-state index contributed by atoms with van der Waals surface area (Å²) in [5.41, 5.74) is 0.847. The molecule has 0 saturated heterocycles. The van der Waals surface area contributed by atoms with Gasteiger partial charge in [0.25, 0.3) is 0 Å². The summed E-state index contributed by atoms with van der Waals surface area (Å²) < 4.78 is 9.91. The SMILES string of the molecule is CCOC(=O)[C@@H](NC(=O)CNC(=O)OCc1ccccc1)C(C)C. The van der Waals surface area contributed by atoms with Crippen molar-refractivity contribution in [3.8, 4) is 0 Å². The molecule has 0 saturated carbocycles. The Bertz CT molecular complexity index is 545. The molecular formula is C17H24N2O5. The lowest BCUT2D eigenvalue weighted by Gasteiger charge is -2.20. The van der Waals surface area contributed by atoms with E-state index in [1.807, 2.05) is 30.3 Å². The van der Waals surface area contributed by atoms with Gasteiger partial charge in [-0.2, -0.15) is 0 Å². The molecule has 0 fully saturated rings. The number of hydrogen-bond acceptors (Lipinski definition) is 5. The highest BCUT2D eigenvalue weighted by Gasteiger charge is 2.25. The summed E-state index contributed by atoms with van der Waals surface area (Å²) in [4.78, 5) is 35.2. The minimum atomic E-state index is -0.750. The first-order valence-corrected chi connectivity index (χ1v) is 7.84. The quantitative estimate of drug-likeness (QED) is 0.704. The monoisotopic (exact) mass is 336 g/mol. The minimum absolute atomic E-state index is 0.117. The molecule has 7 heteroatoms. The van der Waals surface area contributed by atoms with Gasteiger partial charge in [0.15, 0.2) is 0 Å². The van der Waals surface area contributed by atoms with Gasteiger partial charge in [-0.3, -0.25) is 4.79 Å². The van der Waals surface area contributed by atoms with Crippen LogP contribution in [0, 0.1) is 5.92 Å². The van der Waals surface area contributed by atoms with Crippen molar-refractivity contribution in [2.75, 3.05) is 13.2 Å². The molecule has 7 nitrogen and oxygen atoms in total. The summed E-state index contributed by atoms with van der Waals surface area (Å²) in [6.07, 6.45) is -0.703. The van der Waals surface area contributed by atoms with E-state index >= 15 is 0 Å². The van der Waals surface area contributed by atoms with Crippen LogP contribution in [0.4, 0.5) is 4.79 Å². The first-order chi connectivity index (χ1) is 11.4. The van der Waals surface area contributed by atoms with E-state index in [0.29, 0.717) is 0 Å². The Balaban J connectivity index is 2.35. The Morgan fingerprint density at radius 1 is 1.08 bits per heavy atom. The number of benzene rings is 1. The Kier molecular flexibility index (Phi) is 8.32. The van der Waals surface area contributed by atoms with E-state index in [9.17, 15) is 14.4 Å². The zero-order chi connectivity index (χ0) is 17.9. The van der Waals surface area contributed by atoms with E-state index in [1.54, 1.807) is 20.8 Å². The van der Waals surface area contributed by atoms with Crippen molar-refractivity contribution in [2.45, 2.75) is 33.4 Å². The van der Waals surface area contributed by atoms with Gasteiger partial charge in [0.05, 0.1) is 6.61 Å². The number of carbonyl (C=O) groups is 3. The highest BCUT2D eigenvalue weighted by Crippen LogP contribution is 2.04. The summed E-state index contributed by atoms with van der Waals surface area (Å²) in [6.45, 7) is 5.36. The van der Waals surface area contributed by atoms with Crippen LogP contribution in [0.15, 0.2) is 30.3 Å². The maximum atomic E-state index is 11.9. The van der Waals surface area contributed by atoms with Crippen molar-refractivity contribution in [1.82, 2.24) is 10.6 Å². The Morgan fingerprint density at radius 2 is 1.75 bits per heavy atom. The standard InChI is InChI=1S/C17H24N2O5/c1-4-23-16(21)15(12(2)3)19-14(20)10-18-17(22)24-11-13-8-6-5-7-9-13/h5-9,12,15H,4,10-11H2,1-3H3,(H,18,22)(H,19,20)/t15-/m0/s1. The molecule has 0 aliphatic heterocycles. The predicted molar refractivity (Wildman–Crippen MR) is 88.0 cm³/mol. The predicted octanol–water partition coefficient (Wildman–Crippen LogP) is 1.62. The average Bonchev–Trinajstić information content (AvgIpc) is 2.56. The number of ether oxygens (including phenoxy) is 2. The zero-order valence-electron chi connectivity index (χ0n) is 14.2. The number of carbonyl (C=O) groups excluding carboxylic acids is 3. The van der Waals surface area contributed by atoms with Crippen LogP contribution in [0.2, 0.25) is 0 Å². The summed E-state index contributed by atoms with van der Waals surface area (Å²) in [6, 6.07) is 8.44. The lowest BCUT2D eigenvalue weighted by molar-refractivity contribution is -0.148. The molecule has 0 radical (unpaired) electrons. The molecule has 1 aromatic carbocycles. The fourth-order valence-electron chi connectivity index (χ4n) is 1.88. The number of amides is 2. The molecule has 0 aliphatic carbocycles. The minimum Gasteiger partial charge on any atom is -0.464 e. The van der Waals surface area contributed by atoms with Crippen LogP contribution in [0.5, 0.6) is 0 Å². The van der Waals surface area contributed by atoms with Crippen LogP contribution in [0.25, 0.3) is 0 Å². The number of esters is 1. The highest BCUT2D eigenvalue weighted by molar-refractivity contribution is 5.87. The third-order valence-electron chi connectivity index (χ3n) is 3.13. The third kappa shape index (κ3) is 7.13. The summed E-state index contributed by atoms with van der Waals surface area (Å²) in [5, 5.41) is 4.89. The number of hydrogen-bond donors (Lipinski definition) is 2. The molecule has 0 bridgehead atoms. The fourth-order valence-corrected chi connectivity index (χ4v) is 1.88. The van der Waals surface area contributed by atoms with E-state index in [0.717, 1.165) is 5.56 Å². The molecule has 0 unspecified atom stereocenters. The first-order valence-electron chi connectivity index (χ1n) is 7.84. The van der Waals surface area contributed by atoms with Crippen molar-refractivity contribution in [1.29, 1.82) is 0 Å². The van der Waals surface area contributed by atoms with Gasteiger partial charge in [-0.05, 0) is 18.4 Å². The molecule has 2 N–H and O–H groups in total. The van der Waals surface area contributed by atoms with Gasteiger partial charge >= 0.3 is 12.1 Å². The summed E-state index contributed by atoms with van der Waals surface area (Å²) in [5.74, 6) is -1.11. The second-order valence-electron chi connectivity index (χ2n) is 5.46. The van der Waals surface area contributed by atoms with Gasteiger partial charge in [0, 0.05) is 0 Å². The maximum Gasteiger partial charge on any atom is 0.407 e. The summed E-state index contributed by atoms with van der Waals surface area (Å²) >= 11 is 0. The molecule has 0 aliphatic rings. The topological polar surface area (TPSA) is 93.7 Å².